The van der Waals surface area contributed by atoms with Crippen molar-refractivity contribution in [3.8, 4) is 11.8 Å². The van der Waals surface area contributed by atoms with Crippen LogP contribution in [0.5, 0.6) is 5.75 Å². The van der Waals surface area contributed by atoms with Crippen LogP contribution in [0.2, 0.25) is 0 Å². The summed E-state index contributed by atoms with van der Waals surface area (Å²) in [5, 5.41) is 17.4. The smallest absolute Gasteiger partial charge is 0.130 e. The lowest BCUT2D eigenvalue weighted by Gasteiger charge is -1.96. The standard InChI is InChI=1S/C7H5NOS/c8-4-5-2-1-3-6(9)7(5)10/h1-3,9-10H. The molecule has 0 heterocycles. The first-order chi connectivity index (χ1) is 4.75. The Morgan fingerprint density at radius 3 is 2.70 bits per heavy atom. The number of phenols is 1. The molecule has 1 aromatic carbocycles. The Bertz CT molecular complexity index is 290. The third-order valence-corrected chi connectivity index (χ3v) is 1.61. The third kappa shape index (κ3) is 1.07. The number of aromatic hydroxyl groups is 1. The summed E-state index contributed by atoms with van der Waals surface area (Å²) in [4.78, 5) is 0.338. The molecule has 0 spiro atoms. The first-order valence-electron chi connectivity index (χ1n) is 2.66. The predicted molar refractivity (Wildman–Crippen MR) is 40.1 cm³/mol. The molecule has 3 heteroatoms. The Balaban J connectivity index is 3.31. The Morgan fingerprint density at radius 2 is 2.20 bits per heavy atom. The van der Waals surface area contributed by atoms with E-state index in [9.17, 15) is 0 Å². The number of phenolic OH excluding ortho intramolecular Hbond substituents is 1. The maximum Gasteiger partial charge on any atom is 0.130 e. The maximum atomic E-state index is 9.00. The van der Waals surface area contributed by atoms with Gasteiger partial charge in [-0.1, -0.05) is 6.07 Å². The van der Waals surface area contributed by atoms with E-state index in [1.54, 1.807) is 12.1 Å². The Morgan fingerprint density at radius 1 is 1.50 bits per heavy atom. The molecule has 0 aromatic heterocycles. The molecular formula is C7H5NOS. The summed E-state index contributed by atoms with van der Waals surface area (Å²) in [6, 6.07) is 6.59. The summed E-state index contributed by atoms with van der Waals surface area (Å²) in [6.45, 7) is 0. The minimum Gasteiger partial charge on any atom is -0.507 e. The highest BCUT2D eigenvalue weighted by atomic mass is 32.1. The molecule has 0 amide bonds. The zero-order chi connectivity index (χ0) is 7.56. The van der Waals surface area contributed by atoms with Crippen molar-refractivity contribution in [2.45, 2.75) is 4.90 Å². The highest BCUT2D eigenvalue weighted by Gasteiger charge is 2.00. The van der Waals surface area contributed by atoms with E-state index in [0.29, 0.717) is 10.5 Å². The SMILES string of the molecule is N#Cc1cccc(O)c1S. The molecule has 0 unspecified atom stereocenters. The molecule has 0 saturated carbocycles. The molecule has 0 bridgehead atoms. The third-order valence-electron chi connectivity index (χ3n) is 1.14. The largest absolute Gasteiger partial charge is 0.507 e. The maximum absolute atomic E-state index is 9.00. The molecule has 0 aliphatic heterocycles. The summed E-state index contributed by atoms with van der Waals surface area (Å²) in [5.74, 6) is 0.0439. The first kappa shape index (κ1) is 6.97. The highest BCUT2D eigenvalue weighted by molar-refractivity contribution is 7.80. The number of thiol groups is 1. The van der Waals surface area contributed by atoms with Gasteiger partial charge < -0.3 is 5.11 Å². The van der Waals surface area contributed by atoms with Crippen molar-refractivity contribution in [1.82, 2.24) is 0 Å². The van der Waals surface area contributed by atoms with Gasteiger partial charge in [-0.25, -0.2) is 0 Å². The second-order valence-electron chi connectivity index (χ2n) is 1.79. The molecule has 0 aliphatic carbocycles. The summed E-state index contributed by atoms with van der Waals surface area (Å²) >= 11 is 3.92. The second kappa shape index (κ2) is 2.63. The molecule has 0 aliphatic rings. The summed E-state index contributed by atoms with van der Waals surface area (Å²) in [6.07, 6.45) is 0. The highest BCUT2D eigenvalue weighted by Crippen LogP contribution is 2.23. The van der Waals surface area contributed by atoms with Gasteiger partial charge in [-0.15, -0.1) is 12.6 Å². The number of hydrogen-bond acceptors (Lipinski definition) is 3. The van der Waals surface area contributed by atoms with Crippen LogP contribution >= 0.6 is 12.6 Å². The van der Waals surface area contributed by atoms with Gasteiger partial charge in [0.05, 0.1) is 10.5 Å². The quantitative estimate of drug-likeness (QED) is 0.552. The lowest BCUT2D eigenvalue weighted by Crippen LogP contribution is -1.76. The van der Waals surface area contributed by atoms with Crippen LogP contribution in [0.3, 0.4) is 0 Å². The van der Waals surface area contributed by atoms with E-state index < -0.39 is 0 Å². The number of hydrogen-bond donors (Lipinski definition) is 2. The minimum absolute atomic E-state index is 0.0439. The lowest BCUT2D eigenvalue weighted by molar-refractivity contribution is 0.462. The van der Waals surface area contributed by atoms with Crippen LogP contribution in [0.4, 0.5) is 0 Å². The Labute approximate surface area is 64.1 Å². The lowest BCUT2D eigenvalue weighted by atomic mass is 10.2. The second-order valence-corrected chi connectivity index (χ2v) is 2.23. The van der Waals surface area contributed by atoms with E-state index in [1.165, 1.54) is 6.07 Å². The van der Waals surface area contributed by atoms with Crippen LogP contribution < -0.4 is 0 Å². The fraction of sp³-hybridized carbons (Fsp3) is 0. The van der Waals surface area contributed by atoms with Gasteiger partial charge in [-0.05, 0) is 12.1 Å². The van der Waals surface area contributed by atoms with Crippen molar-refractivity contribution in [2.75, 3.05) is 0 Å². The minimum atomic E-state index is 0.0439. The van der Waals surface area contributed by atoms with E-state index in [4.69, 9.17) is 10.4 Å². The van der Waals surface area contributed by atoms with E-state index in [0.717, 1.165) is 0 Å². The Hall–Kier alpha value is -1.14. The molecular weight excluding hydrogens is 146 g/mol. The Kier molecular flexibility index (Phi) is 1.83. The zero-order valence-corrected chi connectivity index (χ0v) is 5.97. The molecule has 0 radical (unpaired) electrons. The van der Waals surface area contributed by atoms with Gasteiger partial charge in [-0.3, -0.25) is 0 Å². The van der Waals surface area contributed by atoms with Crippen molar-refractivity contribution in [3.05, 3.63) is 23.8 Å². The van der Waals surface area contributed by atoms with Gasteiger partial charge in [0.25, 0.3) is 0 Å². The summed E-state index contributed by atoms with van der Waals surface area (Å²) < 4.78 is 0. The molecule has 1 N–H and O–H groups in total. The van der Waals surface area contributed by atoms with E-state index in [2.05, 4.69) is 12.6 Å². The average molecular weight is 151 g/mol. The average Bonchev–Trinajstić information content (AvgIpc) is 1.95. The van der Waals surface area contributed by atoms with Crippen LogP contribution in [0.25, 0.3) is 0 Å². The van der Waals surface area contributed by atoms with Crippen LogP contribution in [0, 0.1) is 11.3 Å². The van der Waals surface area contributed by atoms with Gasteiger partial charge in [0.1, 0.15) is 11.8 Å². The van der Waals surface area contributed by atoms with E-state index >= 15 is 0 Å². The van der Waals surface area contributed by atoms with Gasteiger partial charge >= 0.3 is 0 Å². The van der Waals surface area contributed by atoms with E-state index in [-0.39, 0.29) is 5.75 Å². The van der Waals surface area contributed by atoms with Gasteiger partial charge in [0.2, 0.25) is 0 Å². The number of benzene rings is 1. The number of nitrogens with zero attached hydrogens (tertiary/aromatic N) is 1. The van der Waals surface area contributed by atoms with Crippen LogP contribution in [0.1, 0.15) is 5.56 Å². The topological polar surface area (TPSA) is 44.0 Å². The van der Waals surface area contributed by atoms with Gasteiger partial charge in [0, 0.05) is 0 Å². The number of rotatable bonds is 0. The normalized spacial score (nSPS) is 8.80. The fourth-order valence-corrected chi connectivity index (χ4v) is 0.821. The van der Waals surface area contributed by atoms with Crippen LogP contribution in [-0.4, -0.2) is 5.11 Å². The molecule has 0 atom stereocenters. The van der Waals surface area contributed by atoms with Crippen molar-refractivity contribution >= 4 is 12.6 Å². The fourth-order valence-electron chi connectivity index (χ4n) is 0.622. The molecule has 50 valence electrons. The summed E-state index contributed by atoms with van der Waals surface area (Å²) in [7, 11) is 0. The van der Waals surface area contributed by atoms with Crippen molar-refractivity contribution in [1.29, 1.82) is 5.26 Å². The molecule has 0 saturated heterocycles. The molecule has 0 fully saturated rings. The summed E-state index contributed by atoms with van der Waals surface area (Å²) in [5.41, 5.74) is 0.392. The van der Waals surface area contributed by atoms with Crippen molar-refractivity contribution in [2.24, 2.45) is 0 Å². The zero-order valence-electron chi connectivity index (χ0n) is 5.07. The van der Waals surface area contributed by atoms with Crippen molar-refractivity contribution < 1.29 is 5.11 Å². The molecule has 2 nitrogen and oxygen atoms in total. The van der Waals surface area contributed by atoms with Gasteiger partial charge in [-0.2, -0.15) is 5.26 Å². The monoisotopic (exact) mass is 151 g/mol. The van der Waals surface area contributed by atoms with Crippen LogP contribution in [0.15, 0.2) is 23.1 Å². The van der Waals surface area contributed by atoms with Gasteiger partial charge in [0.15, 0.2) is 0 Å². The van der Waals surface area contributed by atoms with E-state index in [1.807, 2.05) is 6.07 Å². The van der Waals surface area contributed by atoms with Crippen molar-refractivity contribution in [3.63, 3.8) is 0 Å². The molecule has 10 heavy (non-hydrogen) atoms. The number of nitriles is 1. The van der Waals surface area contributed by atoms with Crippen LogP contribution in [-0.2, 0) is 0 Å². The molecule has 1 aromatic rings. The first-order valence-corrected chi connectivity index (χ1v) is 3.11. The molecule has 1 rings (SSSR count). The predicted octanol–water partition coefficient (Wildman–Crippen LogP) is 1.55.